The molecule has 3 aromatic carbocycles. The maximum absolute atomic E-state index is 11.8. The molecule has 0 bridgehead atoms. The quantitative estimate of drug-likeness (QED) is 0.207. The Morgan fingerprint density at radius 2 is 1.56 bits per heavy atom. The summed E-state index contributed by atoms with van der Waals surface area (Å²) < 4.78 is 11.1. The third-order valence-corrected chi connectivity index (χ3v) is 5.68. The molecule has 0 aliphatic carbocycles. The smallest absolute Gasteiger partial charge is 0.335 e. The third kappa shape index (κ3) is 5.47. The Morgan fingerprint density at radius 1 is 0.944 bits per heavy atom. The number of esters is 1. The Bertz CT molecular complexity index is 1400. The number of aryl methyl sites for hydroxylation is 2. The van der Waals surface area contributed by atoms with Crippen LogP contribution in [0.2, 0.25) is 0 Å². The van der Waals surface area contributed by atoms with Crippen LogP contribution in [0, 0.1) is 13.8 Å². The summed E-state index contributed by atoms with van der Waals surface area (Å²) in [5, 5.41) is 10.3. The van der Waals surface area contributed by atoms with Crippen LogP contribution < -0.4 is 4.74 Å². The van der Waals surface area contributed by atoms with Gasteiger partial charge in [0, 0.05) is 5.57 Å². The highest BCUT2D eigenvalue weighted by molar-refractivity contribution is 5.90. The highest BCUT2D eigenvalue weighted by atomic mass is 16.7. The van der Waals surface area contributed by atoms with Gasteiger partial charge < -0.3 is 14.6 Å². The number of rotatable bonds is 8. The van der Waals surface area contributed by atoms with Crippen LogP contribution in [0.1, 0.15) is 18.1 Å². The summed E-state index contributed by atoms with van der Waals surface area (Å²) in [5.41, 5.74) is 6.80. The van der Waals surface area contributed by atoms with Gasteiger partial charge in [0.2, 0.25) is 6.29 Å². The van der Waals surface area contributed by atoms with Gasteiger partial charge in [-0.1, -0.05) is 55.1 Å². The molecule has 1 aromatic heterocycles. The zero-order valence-electron chi connectivity index (χ0n) is 20.4. The second kappa shape index (κ2) is 10.9. The maximum Gasteiger partial charge on any atom is 0.335 e. The Hall–Kier alpha value is -4.36. The number of ether oxygens (including phenoxy) is 2. The van der Waals surface area contributed by atoms with Gasteiger partial charge in [-0.25, -0.2) is 19.7 Å². The van der Waals surface area contributed by atoms with E-state index in [1.807, 2.05) is 68.4 Å². The van der Waals surface area contributed by atoms with Crippen LogP contribution in [0.25, 0.3) is 33.6 Å². The number of nitrogens with zero attached hydrogens (tertiary/aromatic N) is 3. The van der Waals surface area contributed by atoms with Crippen LogP contribution in [0.4, 0.5) is 0 Å². The normalized spacial score (nSPS) is 11.6. The molecule has 7 nitrogen and oxygen atoms in total. The van der Waals surface area contributed by atoms with E-state index >= 15 is 0 Å². The molecular formula is C29H27N3O4. The van der Waals surface area contributed by atoms with E-state index in [0.717, 1.165) is 33.4 Å². The van der Waals surface area contributed by atoms with E-state index < -0.39 is 12.3 Å². The summed E-state index contributed by atoms with van der Waals surface area (Å²) in [6, 6.07) is 20.1. The molecule has 1 N–H and O–H groups in total. The fraction of sp³-hybridized carbons (Fsp3) is 0.172. The molecular weight excluding hydrogens is 454 g/mol. The molecule has 0 aliphatic rings. The summed E-state index contributed by atoms with van der Waals surface area (Å²) in [6.45, 7) is 8.84. The average Bonchev–Trinajstić information content (AvgIpc) is 2.88. The molecule has 0 saturated heterocycles. The Balaban J connectivity index is 1.90. The molecule has 1 heterocycles. The largest absolute Gasteiger partial charge is 0.486 e. The van der Waals surface area contributed by atoms with E-state index in [-0.39, 0.29) is 12.2 Å². The molecule has 0 fully saturated rings. The summed E-state index contributed by atoms with van der Waals surface area (Å²) >= 11 is 0. The number of carbonyl (C=O) groups excluding carboxylic acids is 1. The molecule has 4 rings (SSSR count). The van der Waals surface area contributed by atoms with Crippen molar-refractivity contribution in [1.82, 2.24) is 15.0 Å². The molecule has 7 heteroatoms. The van der Waals surface area contributed by atoms with Crippen molar-refractivity contribution in [1.29, 1.82) is 0 Å². The third-order valence-electron chi connectivity index (χ3n) is 5.68. The molecule has 4 aromatic rings. The maximum atomic E-state index is 11.8. The van der Waals surface area contributed by atoms with E-state index in [0.29, 0.717) is 17.1 Å². The minimum atomic E-state index is -1.48. The van der Waals surface area contributed by atoms with Crippen molar-refractivity contribution in [3.8, 4) is 39.4 Å². The first kappa shape index (κ1) is 24.8. The van der Waals surface area contributed by atoms with E-state index in [1.165, 1.54) is 19.6 Å². The van der Waals surface area contributed by atoms with Crippen molar-refractivity contribution < 1.29 is 19.4 Å². The van der Waals surface area contributed by atoms with Crippen molar-refractivity contribution in [3.63, 3.8) is 0 Å². The van der Waals surface area contributed by atoms with E-state index in [1.54, 1.807) is 0 Å². The van der Waals surface area contributed by atoms with Gasteiger partial charge in [0.05, 0.1) is 5.56 Å². The number of aliphatic hydroxyl groups is 1. The Labute approximate surface area is 210 Å². The van der Waals surface area contributed by atoms with Gasteiger partial charge in [-0.2, -0.15) is 0 Å². The summed E-state index contributed by atoms with van der Waals surface area (Å²) in [4.78, 5) is 24.6. The van der Waals surface area contributed by atoms with Crippen molar-refractivity contribution in [2.24, 2.45) is 0 Å². The van der Waals surface area contributed by atoms with Gasteiger partial charge in [0.15, 0.2) is 12.4 Å². The lowest BCUT2D eigenvalue weighted by molar-refractivity contribution is -0.167. The summed E-state index contributed by atoms with van der Waals surface area (Å²) in [7, 11) is 0. The van der Waals surface area contributed by atoms with Crippen LogP contribution in [-0.4, -0.2) is 38.9 Å². The van der Waals surface area contributed by atoms with E-state index in [4.69, 9.17) is 9.47 Å². The molecule has 1 atom stereocenters. The lowest BCUT2D eigenvalue weighted by Gasteiger charge is -2.20. The van der Waals surface area contributed by atoms with Crippen molar-refractivity contribution in [2.75, 3.05) is 6.61 Å². The van der Waals surface area contributed by atoms with Crippen LogP contribution in [0.5, 0.6) is 5.75 Å². The monoisotopic (exact) mass is 481 g/mol. The van der Waals surface area contributed by atoms with Gasteiger partial charge >= 0.3 is 5.97 Å². The first-order valence-electron chi connectivity index (χ1n) is 11.4. The zero-order chi connectivity index (χ0) is 25.7. The number of hydrogen-bond donors (Lipinski definition) is 1. The predicted octanol–water partition coefficient (Wildman–Crippen LogP) is 5.31. The molecule has 182 valence electrons. The molecule has 0 radical (unpaired) electrons. The van der Waals surface area contributed by atoms with E-state index in [2.05, 4.69) is 27.6 Å². The van der Waals surface area contributed by atoms with Crippen molar-refractivity contribution >= 4 is 5.97 Å². The molecule has 0 spiro atoms. The topological polar surface area (TPSA) is 94.4 Å². The molecule has 36 heavy (non-hydrogen) atoms. The Morgan fingerprint density at radius 3 is 2.17 bits per heavy atom. The van der Waals surface area contributed by atoms with Crippen LogP contribution in [0.3, 0.4) is 0 Å². The highest BCUT2D eigenvalue weighted by Crippen LogP contribution is 2.42. The standard InChI is InChI=1S/C29H27N3O4/c1-18(2)29(34)36-26(33)15-35-25-14-21(22-11-7-5-9-19(22)3)13-24(23-12-8-6-10-20(23)4)27(25)28-31-16-30-17-32-28/h5-14,16-17,26,33H,1,15H2,2-4H3. The second-order valence-electron chi connectivity index (χ2n) is 8.44. The van der Waals surface area contributed by atoms with Crippen LogP contribution in [0.15, 0.2) is 85.5 Å². The van der Waals surface area contributed by atoms with Gasteiger partial charge in [-0.15, -0.1) is 0 Å². The zero-order valence-corrected chi connectivity index (χ0v) is 20.4. The summed E-state index contributed by atoms with van der Waals surface area (Å²) in [5.74, 6) is 0.159. The lowest BCUT2D eigenvalue weighted by Crippen LogP contribution is -2.25. The number of aliphatic hydroxyl groups excluding tert-OH is 1. The Kier molecular flexibility index (Phi) is 7.51. The highest BCUT2D eigenvalue weighted by Gasteiger charge is 2.22. The molecule has 0 amide bonds. The molecule has 0 aliphatic heterocycles. The average molecular weight is 482 g/mol. The van der Waals surface area contributed by atoms with Crippen molar-refractivity contribution in [2.45, 2.75) is 27.1 Å². The van der Waals surface area contributed by atoms with Gasteiger partial charge in [-0.3, -0.25) is 0 Å². The lowest BCUT2D eigenvalue weighted by atomic mass is 9.90. The van der Waals surface area contributed by atoms with Gasteiger partial charge in [0.1, 0.15) is 18.4 Å². The first-order chi connectivity index (χ1) is 17.3. The van der Waals surface area contributed by atoms with Gasteiger partial charge in [-0.05, 0) is 66.3 Å². The molecule has 1 unspecified atom stereocenters. The van der Waals surface area contributed by atoms with Crippen LogP contribution >= 0.6 is 0 Å². The van der Waals surface area contributed by atoms with Crippen molar-refractivity contribution in [3.05, 3.63) is 96.6 Å². The molecule has 0 saturated carbocycles. The van der Waals surface area contributed by atoms with Crippen LogP contribution in [-0.2, 0) is 9.53 Å². The SMILES string of the molecule is C=C(C)C(=O)OC(O)COc1cc(-c2ccccc2C)cc(-c2ccccc2C)c1-c1ncncn1. The number of aromatic nitrogens is 3. The predicted molar refractivity (Wildman–Crippen MR) is 138 cm³/mol. The van der Waals surface area contributed by atoms with Gasteiger partial charge in [0.25, 0.3) is 0 Å². The number of hydrogen-bond acceptors (Lipinski definition) is 7. The number of carbonyl (C=O) groups is 1. The fourth-order valence-corrected chi connectivity index (χ4v) is 3.89. The number of benzene rings is 3. The minimum absolute atomic E-state index is 0.184. The van der Waals surface area contributed by atoms with E-state index in [9.17, 15) is 9.90 Å². The minimum Gasteiger partial charge on any atom is -0.486 e. The summed E-state index contributed by atoms with van der Waals surface area (Å²) in [6.07, 6.45) is 1.36. The fourth-order valence-electron chi connectivity index (χ4n) is 3.89. The first-order valence-corrected chi connectivity index (χ1v) is 11.4. The second-order valence-corrected chi connectivity index (χ2v) is 8.44.